The molecule has 0 fully saturated rings. The average Bonchev–Trinajstić information content (AvgIpc) is 2.08. The average molecular weight is 214 g/mol. The first-order valence-corrected chi connectivity index (χ1v) is 5.15. The molecule has 15 heavy (non-hydrogen) atoms. The van der Waals surface area contributed by atoms with Crippen LogP contribution < -0.4 is 5.32 Å². The van der Waals surface area contributed by atoms with Crippen molar-refractivity contribution < 1.29 is 13.6 Å². The van der Waals surface area contributed by atoms with E-state index in [9.17, 15) is 4.79 Å². The lowest BCUT2D eigenvalue weighted by Crippen LogP contribution is -2.39. The van der Waals surface area contributed by atoms with Gasteiger partial charge in [-0.3, -0.25) is 0 Å². The van der Waals surface area contributed by atoms with Crippen LogP contribution in [0, 0.1) is 0 Å². The minimum absolute atomic E-state index is 0.238. The van der Waals surface area contributed by atoms with E-state index in [0.29, 0.717) is 6.42 Å². The van der Waals surface area contributed by atoms with Crippen molar-refractivity contribution in [3.05, 3.63) is 11.6 Å². The Morgan fingerprint density at radius 1 is 1.73 bits per heavy atom. The van der Waals surface area contributed by atoms with E-state index < -0.39 is 24.1 Å². The third-order valence-electron chi connectivity index (χ3n) is 1.91. The third kappa shape index (κ3) is 4.86. The molecule has 1 aliphatic carbocycles. The zero-order chi connectivity index (χ0) is 14.2. The molecule has 0 radical (unpaired) electrons. The first-order valence-electron chi connectivity index (χ1n) is 6.65. The second kappa shape index (κ2) is 4.69. The molecule has 0 aliphatic heterocycles. The van der Waals surface area contributed by atoms with Crippen LogP contribution in [0.15, 0.2) is 11.6 Å². The van der Waals surface area contributed by atoms with Crippen molar-refractivity contribution in [3.63, 3.8) is 0 Å². The molecule has 0 unspecified atom stereocenters. The predicted octanol–water partition coefficient (Wildman–Crippen LogP) is 3.01. The summed E-state index contributed by atoms with van der Waals surface area (Å²) in [6.45, 7) is 7.00. The zero-order valence-electron chi connectivity index (χ0n) is 12.8. The summed E-state index contributed by atoms with van der Waals surface area (Å²) in [5, 5.41) is 2.35. The second-order valence-electron chi connectivity index (χ2n) is 4.74. The number of alkyl carbamates (subject to hydrolysis) is 1. The summed E-state index contributed by atoms with van der Waals surface area (Å²) in [5.41, 5.74) is 0.238. The molecular weight excluding hydrogens is 190 g/mol. The van der Waals surface area contributed by atoms with Gasteiger partial charge in [-0.05, 0) is 46.9 Å². The Morgan fingerprint density at radius 3 is 2.93 bits per heavy atom. The van der Waals surface area contributed by atoms with Gasteiger partial charge in [-0.15, -0.1) is 0 Å². The minimum Gasteiger partial charge on any atom is -0.444 e. The number of amides is 1. The number of ether oxygens (including phenoxy) is 1. The number of allylic oxidation sites excluding steroid dienone is 1. The van der Waals surface area contributed by atoms with Crippen molar-refractivity contribution in [1.82, 2.24) is 5.32 Å². The summed E-state index contributed by atoms with van der Waals surface area (Å²) in [4.78, 5) is 11.7. The summed E-state index contributed by atoms with van der Waals surface area (Å²) in [5.74, 6) is 0. The topological polar surface area (TPSA) is 38.3 Å². The fraction of sp³-hybridized carbons (Fsp3) is 0.750. The maximum Gasteiger partial charge on any atom is 0.407 e. The molecule has 3 heteroatoms. The van der Waals surface area contributed by atoms with Crippen LogP contribution in [0.1, 0.15) is 51.0 Å². The fourth-order valence-electron chi connectivity index (χ4n) is 1.20. The van der Waals surface area contributed by atoms with E-state index in [0.717, 1.165) is 5.57 Å². The zero-order valence-corrected chi connectivity index (χ0v) is 9.81. The summed E-state index contributed by atoms with van der Waals surface area (Å²) in [6, 6.07) is -1.67. The van der Waals surface area contributed by atoms with E-state index in [1.165, 1.54) is 6.08 Å². The Bertz CT molecular complexity index is 374. The van der Waals surface area contributed by atoms with Crippen molar-refractivity contribution in [3.8, 4) is 0 Å². The van der Waals surface area contributed by atoms with Gasteiger partial charge in [0.15, 0.2) is 0 Å². The van der Waals surface area contributed by atoms with Gasteiger partial charge in [0, 0.05) is 8.76 Å². The highest BCUT2D eigenvalue weighted by Crippen LogP contribution is 2.17. The Kier molecular flexibility index (Phi) is 2.56. The molecule has 86 valence electrons. The number of hydrogen-bond acceptors (Lipinski definition) is 2. The van der Waals surface area contributed by atoms with Crippen molar-refractivity contribution in [2.24, 2.45) is 0 Å². The van der Waals surface area contributed by atoms with Gasteiger partial charge in [-0.25, -0.2) is 4.79 Å². The van der Waals surface area contributed by atoms with Crippen LogP contribution in [-0.4, -0.2) is 17.7 Å². The lowest BCUT2D eigenvalue weighted by atomic mass is 9.96. The molecule has 1 amide bonds. The molecule has 3 nitrogen and oxygen atoms in total. The summed E-state index contributed by atoms with van der Waals surface area (Å²) < 4.78 is 28.9. The van der Waals surface area contributed by atoms with Crippen molar-refractivity contribution in [2.45, 2.75) is 58.5 Å². The van der Waals surface area contributed by atoms with Gasteiger partial charge < -0.3 is 10.1 Å². The molecule has 0 heterocycles. The van der Waals surface area contributed by atoms with Gasteiger partial charge in [0.1, 0.15) is 5.60 Å². The van der Waals surface area contributed by atoms with E-state index in [2.05, 4.69) is 5.32 Å². The largest absolute Gasteiger partial charge is 0.444 e. The first kappa shape index (κ1) is 8.20. The maximum atomic E-state index is 11.7. The number of rotatable bonds is 1. The van der Waals surface area contributed by atoms with Gasteiger partial charge in [0.25, 0.3) is 0 Å². The van der Waals surface area contributed by atoms with Gasteiger partial charge in [-0.1, -0.05) is 11.6 Å². The third-order valence-corrected chi connectivity index (χ3v) is 1.91. The number of hydrogen-bond donors (Lipinski definition) is 1. The van der Waals surface area contributed by atoms with Gasteiger partial charge >= 0.3 is 6.09 Å². The van der Waals surface area contributed by atoms with Crippen LogP contribution in [0.4, 0.5) is 4.79 Å². The quantitative estimate of drug-likeness (QED) is 0.681. The Hall–Kier alpha value is -0.990. The molecule has 1 aliphatic rings. The predicted molar refractivity (Wildman–Crippen MR) is 60.8 cm³/mol. The Morgan fingerprint density at radius 2 is 2.40 bits per heavy atom. The van der Waals surface area contributed by atoms with Crippen LogP contribution in [0.5, 0.6) is 0 Å². The monoisotopic (exact) mass is 214 g/mol. The summed E-state index contributed by atoms with van der Waals surface area (Å²) >= 11 is 0. The number of nitrogens with one attached hydrogen (secondary N) is 1. The molecular formula is C12H21NO2. The first-order chi connectivity index (χ1) is 7.95. The van der Waals surface area contributed by atoms with Gasteiger partial charge in [0.2, 0.25) is 0 Å². The van der Waals surface area contributed by atoms with Crippen molar-refractivity contribution in [1.29, 1.82) is 0 Å². The molecule has 1 rings (SSSR count). The molecule has 0 aromatic carbocycles. The van der Waals surface area contributed by atoms with Crippen molar-refractivity contribution >= 4 is 6.09 Å². The molecule has 0 saturated heterocycles. The van der Waals surface area contributed by atoms with Crippen LogP contribution in [0.2, 0.25) is 0 Å². The smallest absolute Gasteiger partial charge is 0.407 e. The molecule has 1 N–H and O–H groups in total. The maximum absolute atomic E-state index is 11.7. The van der Waals surface area contributed by atoms with Crippen LogP contribution in [-0.2, 0) is 4.74 Å². The number of carbonyl (C=O) groups excluding carboxylic acids is 1. The molecule has 0 aromatic rings. The Balaban J connectivity index is 2.80. The van der Waals surface area contributed by atoms with Gasteiger partial charge in [-0.2, -0.15) is 0 Å². The van der Waals surface area contributed by atoms with E-state index in [1.807, 2.05) is 6.92 Å². The normalized spacial score (nSPS) is 33.1. The molecule has 0 bridgehead atoms. The lowest BCUT2D eigenvalue weighted by molar-refractivity contribution is 0.0501. The van der Waals surface area contributed by atoms with E-state index in [1.54, 1.807) is 20.8 Å². The highest BCUT2D eigenvalue weighted by Gasteiger charge is 2.20. The Labute approximate surface area is 96.1 Å². The second-order valence-corrected chi connectivity index (χ2v) is 4.74. The van der Waals surface area contributed by atoms with Crippen LogP contribution in [0.25, 0.3) is 0 Å². The van der Waals surface area contributed by atoms with E-state index in [-0.39, 0.29) is 6.42 Å². The molecule has 1 atom stereocenters. The summed E-state index contributed by atoms with van der Waals surface area (Å²) in [7, 11) is 0. The molecule has 0 aromatic heterocycles. The lowest BCUT2D eigenvalue weighted by Gasteiger charge is -2.25. The molecule has 0 saturated carbocycles. The van der Waals surface area contributed by atoms with Crippen molar-refractivity contribution in [2.75, 3.05) is 0 Å². The highest BCUT2D eigenvalue weighted by molar-refractivity contribution is 5.68. The SMILES string of the molecule is [2H]C1([2H])C=C(C)CC[C@@]1([2H])NC(=O)OC(C)(C)C. The highest BCUT2D eigenvalue weighted by atomic mass is 16.6. The standard InChI is InChI=1S/C12H21NO2/c1-9-5-7-10(8-6-9)13-11(14)15-12(2,3)4/h5,10H,6-8H2,1-4H3,(H,13,14)/t10-/m0/s1/i7D2,10D. The van der Waals surface area contributed by atoms with E-state index in [4.69, 9.17) is 8.85 Å². The minimum atomic E-state index is -1.90. The van der Waals surface area contributed by atoms with Crippen LogP contribution in [0.3, 0.4) is 0 Å². The van der Waals surface area contributed by atoms with E-state index >= 15 is 0 Å². The molecule has 0 spiro atoms. The van der Waals surface area contributed by atoms with Crippen LogP contribution >= 0.6 is 0 Å². The summed E-state index contributed by atoms with van der Waals surface area (Å²) in [6.07, 6.45) is -0.414. The van der Waals surface area contributed by atoms with Gasteiger partial charge in [0.05, 0.1) is 1.37 Å². The fourth-order valence-corrected chi connectivity index (χ4v) is 1.20. The number of carbonyl (C=O) groups is 1.